The SMILES string of the molecule is CC(Cc1ccco1)NC(=O)c1cc(Cl)c2c(c1)OCCO2. The topological polar surface area (TPSA) is 60.7 Å². The van der Waals surface area contributed by atoms with Crippen LogP contribution < -0.4 is 14.8 Å². The number of halogens is 1. The molecule has 0 saturated heterocycles. The van der Waals surface area contributed by atoms with Gasteiger partial charge in [0.2, 0.25) is 0 Å². The number of carbonyl (C=O) groups excluding carboxylic acids is 1. The molecule has 0 spiro atoms. The van der Waals surface area contributed by atoms with Crippen LogP contribution in [-0.4, -0.2) is 25.2 Å². The minimum atomic E-state index is -0.210. The molecule has 2 aromatic rings. The van der Waals surface area contributed by atoms with Crippen LogP contribution in [0.25, 0.3) is 0 Å². The Bertz CT molecular complexity index is 669. The van der Waals surface area contributed by atoms with Crippen molar-refractivity contribution in [3.8, 4) is 11.5 Å². The van der Waals surface area contributed by atoms with Crippen LogP contribution in [0.1, 0.15) is 23.0 Å². The molecule has 116 valence electrons. The summed E-state index contributed by atoms with van der Waals surface area (Å²) in [7, 11) is 0. The van der Waals surface area contributed by atoms with Gasteiger partial charge < -0.3 is 19.2 Å². The number of ether oxygens (including phenoxy) is 2. The molecule has 0 aliphatic carbocycles. The molecule has 0 radical (unpaired) electrons. The fraction of sp³-hybridized carbons (Fsp3) is 0.312. The molecule has 0 saturated carbocycles. The number of hydrogen-bond donors (Lipinski definition) is 1. The van der Waals surface area contributed by atoms with Gasteiger partial charge in [0.05, 0.1) is 11.3 Å². The van der Waals surface area contributed by atoms with E-state index >= 15 is 0 Å². The average molecular weight is 322 g/mol. The van der Waals surface area contributed by atoms with Crippen molar-refractivity contribution in [1.29, 1.82) is 0 Å². The summed E-state index contributed by atoms with van der Waals surface area (Å²) in [6, 6.07) is 6.87. The molecule has 1 aliphatic rings. The van der Waals surface area contributed by atoms with Gasteiger partial charge in [0.1, 0.15) is 19.0 Å². The number of benzene rings is 1. The van der Waals surface area contributed by atoms with E-state index in [1.54, 1.807) is 18.4 Å². The van der Waals surface area contributed by atoms with Crippen LogP contribution >= 0.6 is 11.6 Å². The van der Waals surface area contributed by atoms with E-state index in [1.807, 2.05) is 19.1 Å². The number of fused-ring (bicyclic) bond motifs is 1. The van der Waals surface area contributed by atoms with Gasteiger partial charge in [-0.15, -0.1) is 0 Å². The lowest BCUT2D eigenvalue weighted by Crippen LogP contribution is -2.34. The molecule has 1 unspecified atom stereocenters. The Balaban J connectivity index is 1.70. The quantitative estimate of drug-likeness (QED) is 0.940. The van der Waals surface area contributed by atoms with Gasteiger partial charge in [-0.05, 0) is 31.2 Å². The van der Waals surface area contributed by atoms with Gasteiger partial charge in [-0.25, -0.2) is 0 Å². The van der Waals surface area contributed by atoms with Crippen molar-refractivity contribution in [2.45, 2.75) is 19.4 Å². The molecule has 3 rings (SSSR count). The van der Waals surface area contributed by atoms with Crippen molar-refractivity contribution in [2.24, 2.45) is 0 Å². The van der Waals surface area contributed by atoms with E-state index in [4.69, 9.17) is 25.5 Å². The van der Waals surface area contributed by atoms with Gasteiger partial charge in [-0.3, -0.25) is 4.79 Å². The highest BCUT2D eigenvalue weighted by Gasteiger charge is 2.20. The minimum absolute atomic E-state index is 0.0642. The Hall–Kier alpha value is -2.14. The van der Waals surface area contributed by atoms with Crippen molar-refractivity contribution in [3.05, 3.63) is 46.9 Å². The van der Waals surface area contributed by atoms with E-state index in [0.717, 1.165) is 5.76 Å². The standard InChI is InChI=1S/C16H16ClNO4/c1-10(7-12-3-2-4-20-12)18-16(19)11-8-13(17)15-14(9-11)21-5-6-22-15/h2-4,8-10H,5-7H2,1H3,(H,18,19). The highest BCUT2D eigenvalue weighted by atomic mass is 35.5. The zero-order chi connectivity index (χ0) is 15.5. The molecular formula is C16H16ClNO4. The first-order chi connectivity index (χ1) is 10.6. The van der Waals surface area contributed by atoms with Crippen molar-refractivity contribution in [1.82, 2.24) is 5.32 Å². The molecule has 6 heteroatoms. The van der Waals surface area contributed by atoms with Crippen molar-refractivity contribution >= 4 is 17.5 Å². The van der Waals surface area contributed by atoms with Gasteiger partial charge in [-0.2, -0.15) is 0 Å². The second-order valence-electron chi connectivity index (χ2n) is 5.14. The Morgan fingerprint density at radius 1 is 1.36 bits per heavy atom. The van der Waals surface area contributed by atoms with E-state index < -0.39 is 0 Å². The number of carbonyl (C=O) groups is 1. The van der Waals surface area contributed by atoms with Gasteiger partial charge in [0.15, 0.2) is 11.5 Å². The molecule has 1 atom stereocenters. The molecule has 0 bridgehead atoms. The molecule has 1 N–H and O–H groups in total. The second kappa shape index (κ2) is 6.32. The van der Waals surface area contributed by atoms with Crippen molar-refractivity contribution in [2.75, 3.05) is 13.2 Å². The molecule has 1 aromatic carbocycles. The first kappa shape index (κ1) is 14.8. The third-order valence-corrected chi connectivity index (χ3v) is 3.60. The van der Waals surface area contributed by atoms with Crippen LogP contribution in [-0.2, 0) is 6.42 Å². The van der Waals surface area contributed by atoms with E-state index in [9.17, 15) is 4.79 Å². The van der Waals surface area contributed by atoms with Crippen LogP contribution in [0.5, 0.6) is 11.5 Å². The van der Waals surface area contributed by atoms with E-state index in [-0.39, 0.29) is 11.9 Å². The van der Waals surface area contributed by atoms with Gasteiger partial charge >= 0.3 is 0 Å². The fourth-order valence-electron chi connectivity index (χ4n) is 2.33. The lowest BCUT2D eigenvalue weighted by atomic mass is 10.1. The smallest absolute Gasteiger partial charge is 0.251 e. The molecule has 1 amide bonds. The largest absolute Gasteiger partial charge is 0.486 e. The third-order valence-electron chi connectivity index (χ3n) is 3.32. The lowest BCUT2D eigenvalue weighted by molar-refractivity contribution is 0.0938. The fourth-order valence-corrected chi connectivity index (χ4v) is 2.60. The summed E-state index contributed by atoms with van der Waals surface area (Å²) in [5.41, 5.74) is 0.445. The van der Waals surface area contributed by atoms with Gasteiger partial charge in [0.25, 0.3) is 5.91 Å². The maximum absolute atomic E-state index is 12.3. The molecule has 1 aliphatic heterocycles. The molecule has 5 nitrogen and oxygen atoms in total. The number of rotatable bonds is 4. The van der Waals surface area contributed by atoms with Crippen LogP contribution in [0.4, 0.5) is 0 Å². The number of nitrogens with one attached hydrogen (secondary N) is 1. The molecular weight excluding hydrogens is 306 g/mol. The minimum Gasteiger partial charge on any atom is -0.486 e. The third kappa shape index (κ3) is 3.20. The summed E-state index contributed by atoms with van der Waals surface area (Å²) >= 11 is 6.14. The Labute approximate surface area is 133 Å². The van der Waals surface area contributed by atoms with Crippen LogP contribution in [0.3, 0.4) is 0 Å². The summed E-state index contributed by atoms with van der Waals surface area (Å²) in [6.07, 6.45) is 2.24. The predicted octanol–water partition coefficient (Wildman–Crippen LogP) is 3.07. The average Bonchev–Trinajstić information content (AvgIpc) is 3.00. The molecule has 0 fully saturated rings. The van der Waals surface area contributed by atoms with Crippen LogP contribution in [0.15, 0.2) is 34.9 Å². The van der Waals surface area contributed by atoms with Crippen LogP contribution in [0.2, 0.25) is 5.02 Å². The van der Waals surface area contributed by atoms with Gasteiger partial charge in [-0.1, -0.05) is 11.6 Å². The van der Waals surface area contributed by atoms with Crippen LogP contribution in [0, 0.1) is 0 Å². The predicted molar refractivity (Wildman–Crippen MR) is 81.8 cm³/mol. The summed E-state index contributed by atoms with van der Waals surface area (Å²) < 4.78 is 16.2. The second-order valence-corrected chi connectivity index (χ2v) is 5.55. The summed E-state index contributed by atoms with van der Waals surface area (Å²) in [6.45, 7) is 2.82. The molecule has 1 aromatic heterocycles. The Kier molecular flexibility index (Phi) is 4.24. The number of amides is 1. The Morgan fingerprint density at radius 2 is 2.18 bits per heavy atom. The maximum atomic E-state index is 12.3. The van der Waals surface area contributed by atoms with Crippen molar-refractivity contribution < 1.29 is 18.7 Å². The normalized spacial score (nSPS) is 14.5. The van der Waals surface area contributed by atoms with E-state index in [0.29, 0.717) is 41.7 Å². The number of furan rings is 1. The van der Waals surface area contributed by atoms with E-state index in [1.165, 1.54) is 0 Å². The highest BCUT2D eigenvalue weighted by molar-refractivity contribution is 6.32. The highest BCUT2D eigenvalue weighted by Crippen LogP contribution is 2.38. The zero-order valence-corrected chi connectivity index (χ0v) is 12.9. The summed E-state index contributed by atoms with van der Waals surface area (Å²) in [5.74, 6) is 1.61. The molecule has 22 heavy (non-hydrogen) atoms. The Morgan fingerprint density at radius 3 is 2.95 bits per heavy atom. The summed E-state index contributed by atoms with van der Waals surface area (Å²) in [5, 5.41) is 3.29. The molecule has 2 heterocycles. The monoisotopic (exact) mass is 321 g/mol. The van der Waals surface area contributed by atoms with Crippen molar-refractivity contribution in [3.63, 3.8) is 0 Å². The zero-order valence-electron chi connectivity index (χ0n) is 12.1. The first-order valence-corrected chi connectivity index (χ1v) is 7.43. The van der Waals surface area contributed by atoms with E-state index in [2.05, 4.69) is 5.32 Å². The lowest BCUT2D eigenvalue weighted by Gasteiger charge is -2.20. The first-order valence-electron chi connectivity index (χ1n) is 7.06. The van der Waals surface area contributed by atoms with Gasteiger partial charge in [0, 0.05) is 18.0 Å². The maximum Gasteiger partial charge on any atom is 0.251 e. The number of hydrogen-bond acceptors (Lipinski definition) is 4. The summed E-state index contributed by atoms with van der Waals surface area (Å²) in [4.78, 5) is 12.3.